The Kier molecular flexibility index (Phi) is 5.34. The van der Waals surface area contributed by atoms with Gasteiger partial charge in [0.05, 0.1) is 22.9 Å². The van der Waals surface area contributed by atoms with Crippen molar-refractivity contribution in [2.24, 2.45) is 0 Å². The summed E-state index contributed by atoms with van der Waals surface area (Å²) in [6, 6.07) is 12.4. The second kappa shape index (κ2) is 7.84. The largest absolute Gasteiger partial charge is 0.323 e. The van der Waals surface area contributed by atoms with Gasteiger partial charge in [0, 0.05) is 6.07 Å². The normalized spacial score (nSPS) is 10.6. The lowest BCUT2D eigenvalue weighted by Gasteiger charge is -2.07. The quantitative estimate of drug-likeness (QED) is 0.731. The summed E-state index contributed by atoms with van der Waals surface area (Å²) in [5, 5.41) is 13.9. The second-order valence-electron chi connectivity index (χ2n) is 5.01. The first-order valence-corrected chi connectivity index (χ1v) is 8.44. The molecule has 0 aliphatic heterocycles. The van der Waals surface area contributed by atoms with Gasteiger partial charge in [-0.3, -0.25) is 4.79 Å². The number of hydrogen-bond acceptors (Lipinski definition) is 5. The van der Waals surface area contributed by atoms with Gasteiger partial charge in [-0.2, -0.15) is 4.68 Å². The molecule has 25 heavy (non-hydrogen) atoms. The smallest absolute Gasteiger partial charge is 0.234 e. The summed E-state index contributed by atoms with van der Waals surface area (Å²) in [5.41, 5.74) is 0.766. The van der Waals surface area contributed by atoms with E-state index in [1.165, 1.54) is 17.8 Å². The number of tetrazole rings is 1. The van der Waals surface area contributed by atoms with Crippen LogP contribution in [-0.4, -0.2) is 31.9 Å². The molecule has 128 valence electrons. The van der Waals surface area contributed by atoms with Crippen molar-refractivity contribution in [1.29, 1.82) is 0 Å². The number of amides is 1. The third kappa shape index (κ3) is 4.38. The number of thioether (sulfide) groups is 1. The number of benzene rings is 2. The van der Waals surface area contributed by atoms with Crippen molar-refractivity contribution in [3.05, 3.63) is 66.0 Å². The summed E-state index contributed by atoms with van der Waals surface area (Å²) in [5.74, 6) is -0.824. The van der Waals surface area contributed by atoms with Gasteiger partial charge < -0.3 is 5.32 Å². The molecule has 1 N–H and O–H groups in total. The van der Waals surface area contributed by atoms with Gasteiger partial charge in [-0.25, -0.2) is 8.78 Å². The number of rotatable bonds is 6. The maximum Gasteiger partial charge on any atom is 0.234 e. The number of hydrogen-bond donors (Lipinski definition) is 1. The fourth-order valence-corrected chi connectivity index (χ4v) is 2.80. The fraction of sp³-hybridized carbons (Fsp3) is 0.125. The number of nitrogens with one attached hydrogen (secondary N) is 1. The summed E-state index contributed by atoms with van der Waals surface area (Å²) in [6.45, 7) is 0. The first kappa shape index (κ1) is 17.0. The van der Waals surface area contributed by atoms with E-state index >= 15 is 0 Å². The predicted molar refractivity (Wildman–Crippen MR) is 90.3 cm³/mol. The van der Waals surface area contributed by atoms with Crippen molar-refractivity contribution in [2.75, 3.05) is 11.1 Å². The number of carbonyl (C=O) groups is 1. The number of para-hydroxylation sites is 1. The van der Waals surface area contributed by atoms with Gasteiger partial charge in [0.25, 0.3) is 0 Å². The molecule has 9 heteroatoms. The summed E-state index contributed by atoms with van der Waals surface area (Å²) in [4.78, 5) is 11.9. The molecule has 3 aromatic rings. The van der Waals surface area contributed by atoms with E-state index in [-0.39, 0.29) is 11.4 Å². The third-order valence-electron chi connectivity index (χ3n) is 3.20. The van der Waals surface area contributed by atoms with E-state index in [0.717, 1.165) is 17.8 Å². The van der Waals surface area contributed by atoms with Crippen LogP contribution in [0.2, 0.25) is 0 Å². The van der Waals surface area contributed by atoms with Gasteiger partial charge in [-0.15, -0.1) is 16.9 Å². The van der Waals surface area contributed by atoms with E-state index in [1.54, 1.807) is 4.68 Å². The molecule has 3 rings (SSSR count). The van der Waals surface area contributed by atoms with Gasteiger partial charge in [-0.1, -0.05) is 18.2 Å². The van der Waals surface area contributed by atoms with Crippen molar-refractivity contribution in [1.82, 2.24) is 20.2 Å². The molecule has 1 aromatic heterocycles. The molecular weight excluding hydrogens is 348 g/mol. The van der Waals surface area contributed by atoms with Crippen LogP contribution in [0.15, 0.2) is 48.5 Å². The standard InChI is InChI=1S/C16H13F2N5OS/c17-11-6-7-14(13(18)8-11)19-16(24)10-25-9-15-20-21-22-23(15)12-4-2-1-3-5-12/h1-8H,9-10H2,(H,19,24). The van der Waals surface area contributed by atoms with Crippen LogP contribution >= 0.6 is 11.8 Å². The molecule has 0 bridgehead atoms. The van der Waals surface area contributed by atoms with Crippen molar-refractivity contribution in [3.8, 4) is 5.69 Å². The van der Waals surface area contributed by atoms with Gasteiger partial charge in [-0.05, 0) is 34.7 Å². The van der Waals surface area contributed by atoms with Crippen LogP contribution in [0.25, 0.3) is 5.69 Å². The van der Waals surface area contributed by atoms with Crippen LogP contribution in [0.1, 0.15) is 5.82 Å². The first-order chi connectivity index (χ1) is 12.1. The van der Waals surface area contributed by atoms with E-state index < -0.39 is 17.5 Å². The van der Waals surface area contributed by atoms with Crippen LogP contribution in [0.3, 0.4) is 0 Å². The Morgan fingerprint density at radius 3 is 2.72 bits per heavy atom. The minimum atomic E-state index is -0.814. The molecule has 6 nitrogen and oxygen atoms in total. The number of anilines is 1. The Balaban J connectivity index is 1.55. The van der Waals surface area contributed by atoms with Gasteiger partial charge in [0.2, 0.25) is 5.91 Å². The minimum absolute atomic E-state index is 0.0545. The monoisotopic (exact) mass is 361 g/mol. The lowest BCUT2D eigenvalue weighted by molar-refractivity contribution is -0.113. The molecule has 0 fully saturated rings. The van der Waals surface area contributed by atoms with Crippen LogP contribution in [0.4, 0.5) is 14.5 Å². The van der Waals surface area contributed by atoms with E-state index in [2.05, 4.69) is 20.8 Å². The predicted octanol–water partition coefficient (Wildman–Crippen LogP) is 2.81. The van der Waals surface area contributed by atoms with Crippen LogP contribution in [0.5, 0.6) is 0 Å². The molecule has 2 aromatic carbocycles. The fourth-order valence-electron chi connectivity index (χ4n) is 2.08. The van der Waals surface area contributed by atoms with Gasteiger partial charge >= 0.3 is 0 Å². The van der Waals surface area contributed by atoms with E-state index in [0.29, 0.717) is 11.6 Å². The maximum atomic E-state index is 13.5. The minimum Gasteiger partial charge on any atom is -0.323 e. The van der Waals surface area contributed by atoms with Crippen molar-refractivity contribution in [3.63, 3.8) is 0 Å². The lowest BCUT2D eigenvalue weighted by atomic mass is 10.3. The molecule has 0 aliphatic carbocycles. The Morgan fingerprint density at radius 1 is 1.16 bits per heavy atom. The van der Waals surface area contributed by atoms with Crippen LogP contribution < -0.4 is 5.32 Å². The topological polar surface area (TPSA) is 72.7 Å². The highest BCUT2D eigenvalue weighted by Gasteiger charge is 2.11. The van der Waals surface area contributed by atoms with E-state index in [1.807, 2.05) is 30.3 Å². The molecule has 1 amide bonds. The molecule has 1 heterocycles. The zero-order valence-corrected chi connectivity index (χ0v) is 13.7. The van der Waals surface area contributed by atoms with Crippen molar-refractivity contribution < 1.29 is 13.6 Å². The SMILES string of the molecule is O=C(CSCc1nnnn1-c1ccccc1)Nc1ccc(F)cc1F. The van der Waals surface area contributed by atoms with Crippen LogP contribution in [0, 0.1) is 11.6 Å². The Bertz CT molecular complexity index is 872. The third-order valence-corrected chi connectivity index (χ3v) is 4.13. The highest BCUT2D eigenvalue weighted by molar-refractivity contribution is 7.99. The zero-order chi connectivity index (χ0) is 17.6. The molecule has 0 aliphatic rings. The maximum absolute atomic E-state index is 13.5. The molecule has 0 spiro atoms. The summed E-state index contributed by atoms with van der Waals surface area (Å²) < 4.78 is 27.9. The van der Waals surface area contributed by atoms with Gasteiger partial charge in [0.15, 0.2) is 5.82 Å². The van der Waals surface area contributed by atoms with Crippen molar-refractivity contribution >= 4 is 23.4 Å². The summed E-state index contributed by atoms with van der Waals surface area (Å²) in [6.07, 6.45) is 0. The van der Waals surface area contributed by atoms with E-state index in [9.17, 15) is 13.6 Å². The summed E-state index contributed by atoms with van der Waals surface area (Å²) in [7, 11) is 0. The highest BCUT2D eigenvalue weighted by Crippen LogP contribution is 2.17. The molecular formula is C16H13F2N5OS. The average Bonchev–Trinajstić information content (AvgIpc) is 3.07. The number of aromatic nitrogens is 4. The molecule has 0 saturated carbocycles. The molecule has 0 saturated heterocycles. The molecule has 0 atom stereocenters. The van der Waals surface area contributed by atoms with Gasteiger partial charge in [0.1, 0.15) is 11.6 Å². The van der Waals surface area contributed by atoms with Crippen molar-refractivity contribution in [2.45, 2.75) is 5.75 Å². The Hall–Kier alpha value is -2.81. The molecule has 0 unspecified atom stereocenters. The Morgan fingerprint density at radius 2 is 1.96 bits per heavy atom. The number of carbonyl (C=O) groups excluding carboxylic acids is 1. The number of nitrogens with zero attached hydrogens (tertiary/aromatic N) is 4. The zero-order valence-electron chi connectivity index (χ0n) is 12.9. The van der Waals surface area contributed by atoms with E-state index in [4.69, 9.17) is 0 Å². The summed E-state index contributed by atoms with van der Waals surface area (Å²) >= 11 is 1.28. The average molecular weight is 361 g/mol. The Labute approximate surface area is 146 Å². The highest BCUT2D eigenvalue weighted by atomic mass is 32.2. The first-order valence-electron chi connectivity index (χ1n) is 7.29. The number of halogens is 2. The van der Waals surface area contributed by atoms with Crippen LogP contribution in [-0.2, 0) is 10.5 Å². The molecule has 0 radical (unpaired) electrons. The second-order valence-corrected chi connectivity index (χ2v) is 5.99. The lowest BCUT2D eigenvalue weighted by Crippen LogP contribution is -2.15.